The number of aliphatic hydroxyl groups is 1. The van der Waals surface area contributed by atoms with E-state index in [1.54, 1.807) is 45.2 Å². The van der Waals surface area contributed by atoms with Gasteiger partial charge >= 0.3 is 0 Å². The number of hydrogen-bond acceptors (Lipinski definition) is 23. The van der Waals surface area contributed by atoms with Gasteiger partial charge in [-0.3, -0.25) is 14.4 Å². The molecule has 3 aliphatic carbocycles. The molecule has 0 aliphatic heterocycles. The molecule has 0 aromatic carbocycles. The van der Waals surface area contributed by atoms with Crippen LogP contribution in [0.4, 0.5) is 32.8 Å². The van der Waals surface area contributed by atoms with Gasteiger partial charge in [0.15, 0.2) is 55.6 Å². The largest absolute Gasteiger partial charge is 0.498 e. The first-order valence-corrected chi connectivity index (χ1v) is 32.0. The highest BCUT2D eigenvalue weighted by atomic mass is 32.1. The Balaban J connectivity index is 0.000000148. The molecule has 9 heterocycles. The number of imidazole rings is 3. The lowest BCUT2D eigenvalue weighted by atomic mass is 9.85. The summed E-state index contributed by atoms with van der Waals surface area (Å²) in [5.41, 5.74) is 23.4. The van der Waals surface area contributed by atoms with Crippen molar-refractivity contribution in [3.63, 3.8) is 0 Å². The molecule has 0 atom stereocenters. The van der Waals surface area contributed by atoms with Gasteiger partial charge in [-0.05, 0) is 137 Å². The molecule has 3 amide bonds. The summed E-state index contributed by atoms with van der Waals surface area (Å²) in [7, 11) is 0. The van der Waals surface area contributed by atoms with Crippen LogP contribution in [-0.4, -0.2) is 108 Å². The molecular weight excluding hydrogens is 1190 g/mol. The average Bonchev–Trinajstić information content (AvgIpc) is 1.77. The zero-order valence-electron chi connectivity index (χ0n) is 50.5. The predicted molar refractivity (Wildman–Crippen MR) is 345 cm³/mol. The molecule has 3 fully saturated rings. The quantitative estimate of drug-likeness (QED) is 0.0442. The predicted octanol–water partition coefficient (Wildman–Crippen LogP) is 9.13. The van der Waals surface area contributed by atoms with E-state index in [0.29, 0.717) is 66.3 Å². The standard InChI is InChI=1S/C21H25N7O2S.C21H27N7O2S.C18H19N7OS/c1-12-10-31-20(24-12)27-19(29)13-4-6-14(7-5-13)28-11-23-16-17(22)25-15(26-18(16)28)8-9-21(2,3)30;1-12(2)30-9-8-16-25-18(22)17-19(26-16)28(11-23-17)15-6-4-14(5-7-15)20(29)27-21-24-13(3)10-31-21;1-3-13-22-15(19)14-16(23-13)25(9-20-14)12-6-4-11(5-7-12)17(26)24-18-21-10(2)8-27-18/h10-11,13-14,30H,4-7H2,1-3H3,(H2,22,25,26)(H,24,27,29);8-12,14-15H,4-7H2,1-3H3,(H2,22,25,26)(H,24,27,29);1,8-9,11-12H,4-7H2,2H3,(H2,19,22,23)(H,21,24,26)/b;9-8-;. The summed E-state index contributed by atoms with van der Waals surface area (Å²) in [5.74, 6) is 9.86. The second-order valence-electron chi connectivity index (χ2n) is 23.1. The fraction of sp³-hybridized carbons (Fsp3) is 0.450. The number of aromatic nitrogens is 15. The summed E-state index contributed by atoms with van der Waals surface area (Å²) in [6, 6.07) is 0.593. The second-order valence-corrected chi connectivity index (χ2v) is 25.7. The Kier molecular flexibility index (Phi) is 19.5. The Morgan fingerprint density at radius 3 is 1.29 bits per heavy atom. The topological polar surface area (TPSA) is 364 Å². The van der Waals surface area contributed by atoms with E-state index < -0.39 is 5.60 Å². The van der Waals surface area contributed by atoms with Crippen LogP contribution >= 0.6 is 34.0 Å². The van der Waals surface area contributed by atoms with Crippen molar-refractivity contribution >= 4 is 124 Å². The van der Waals surface area contributed by atoms with Crippen molar-refractivity contribution in [2.45, 2.75) is 155 Å². The number of nitrogen functional groups attached to an aromatic ring is 3. The van der Waals surface area contributed by atoms with Crippen molar-refractivity contribution in [1.29, 1.82) is 0 Å². The molecule has 10 N–H and O–H groups in total. The molecule has 9 aromatic heterocycles. The molecule has 0 unspecified atom stereocenters. The highest BCUT2D eigenvalue weighted by Gasteiger charge is 2.32. The van der Waals surface area contributed by atoms with E-state index >= 15 is 0 Å². The number of hydrogen-bond donors (Lipinski definition) is 7. The van der Waals surface area contributed by atoms with E-state index in [1.807, 2.05) is 59.9 Å². The van der Waals surface area contributed by atoms with Gasteiger partial charge in [0.1, 0.15) is 22.2 Å². The van der Waals surface area contributed by atoms with Crippen LogP contribution in [0.25, 0.3) is 39.6 Å². The van der Waals surface area contributed by atoms with E-state index in [-0.39, 0.29) is 77.2 Å². The Morgan fingerprint density at radius 1 is 0.584 bits per heavy atom. The molecular formula is C60H71N21O5S3. The maximum atomic E-state index is 12.6. The van der Waals surface area contributed by atoms with Gasteiger partial charge in [0.25, 0.3) is 0 Å². The summed E-state index contributed by atoms with van der Waals surface area (Å²) in [4.78, 5) is 89.8. The lowest BCUT2D eigenvalue weighted by Gasteiger charge is -2.28. The number of carbonyl (C=O) groups is 3. The molecule has 0 saturated heterocycles. The molecule has 89 heavy (non-hydrogen) atoms. The van der Waals surface area contributed by atoms with E-state index in [9.17, 15) is 19.5 Å². The van der Waals surface area contributed by atoms with Gasteiger partial charge in [-0.2, -0.15) is 0 Å². The number of ether oxygens (including phenoxy) is 1. The van der Waals surface area contributed by atoms with Crippen molar-refractivity contribution < 1.29 is 24.2 Å². The number of thiazole rings is 3. The zero-order valence-corrected chi connectivity index (χ0v) is 52.9. The number of fused-ring (bicyclic) bond motifs is 3. The highest BCUT2D eigenvalue weighted by Crippen LogP contribution is 2.38. The molecule has 26 nitrogen and oxygen atoms in total. The maximum absolute atomic E-state index is 12.6. The third kappa shape index (κ3) is 15.6. The van der Waals surface area contributed by atoms with Crippen LogP contribution in [0.1, 0.15) is 157 Å². The van der Waals surface area contributed by atoms with Crippen LogP contribution < -0.4 is 33.2 Å². The molecule has 3 saturated carbocycles. The van der Waals surface area contributed by atoms with Gasteiger partial charge in [0, 0.05) is 58.1 Å². The summed E-state index contributed by atoms with van der Waals surface area (Å²) in [6.45, 7) is 12.8. The van der Waals surface area contributed by atoms with Crippen LogP contribution in [0, 0.1) is 62.7 Å². The summed E-state index contributed by atoms with van der Waals surface area (Å²) in [5, 5.41) is 26.4. The van der Waals surface area contributed by atoms with Crippen molar-refractivity contribution in [3.05, 3.63) is 75.9 Å². The summed E-state index contributed by atoms with van der Waals surface area (Å²) < 4.78 is 11.5. The minimum atomic E-state index is -1.15. The average molecular weight is 1260 g/mol. The van der Waals surface area contributed by atoms with Crippen LogP contribution in [0.5, 0.6) is 0 Å². The first-order chi connectivity index (χ1) is 42.6. The number of nitrogens with one attached hydrogen (secondary N) is 3. The first-order valence-electron chi connectivity index (χ1n) is 29.4. The van der Waals surface area contributed by atoms with Gasteiger partial charge in [0.2, 0.25) is 29.4 Å². The van der Waals surface area contributed by atoms with Gasteiger partial charge in [-0.25, -0.2) is 59.8 Å². The van der Waals surface area contributed by atoms with Crippen molar-refractivity contribution in [2.75, 3.05) is 33.2 Å². The molecule has 0 spiro atoms. The number of aryl methyl sites for hydroxylation is 3. The first kappa shape index (κ1) is 63.0. The normalized spacial score (nSPS) is 19.4. The fourth-order valence-electron chi connectivity index (χ4n) is 11.0. The van der Waals surface area contributed by atoms with Gasteiger partial charge < -0.3 is 56.7 Å². The number of nitrogens with zero attached hydrogens (tertiary/aromatic N) is 15. The van der Waals surface area contributed by atoms with Crippen molar-refractivity contribution in [2.24, 2.45) is 17.8 Å². The Morgan fingerprint density at radius 2 is 0.944 bits per heavy atom. The van der Waals surface area contributed by atoms with E-state index in [0.717, 1.165) is 94.1 Å². The SMILES string of the molecule is C#Cc1nc(N)c2ncn(C3CCC(C(=O)Nc4nc(C)cs4)CC3)c2n1.Cc1csc(NC(=O)C2CCC(n3cnc4c(N)nc(/C=C\OC(C)C)nc43)CC2)n1.Cc1csc(NC(=O)C2CCC(n3cnc4c(N)nc(C#CC(C)(C)O)nc43)CC2)n1. The van der Waals surface area contributed by atoms with Crippen molar-refractivity contribution in [1.82, 2.24) is 73.5 Å². The number of nitrogens with two attached hydrogens (primary N) is 3. The molecule has 3 aliphatic rings. The van der Waals surface area contributed by atoms with Gasteiger partial charge in [-0.15, -0.1) is 40.4 Å². The highest BCUT2D eigenvalue weighted by molar-refractivity contribution is 7.14. The fourth-order valence-corrected chi connectivity index (χ4v) is 13.1. The minimum Gasteiger partial charge on any atom is -0.498 e. The molecule has 29 heteroatoms. The number of carbonyl (C=O) groups excluding carboxylic acids is 3. The molecule has 464 valence electrons. The van der Waals surface area contributed by atoms with Crippen LogP contribution in [-0.2, 0) is 19.1 Å². The number of anilines is 6. The van der Waals surface area contributed by atoms with E-state index in [2.05, 4.69) is 98.1 Å². The third-order valence-electron chi connectivity index (χ3n) is 15.5. The lowest BCUT2D eigenvalue weighted by Crippen LogP contribution is -2.28. The zero-order chi connectivity index (χ0) is 63.1. The Hall–Kier alpha value is -9.03. The van der Waals surface area contributed by atoms with E-state index in [4.69, 9.17) is 28.4 Å². The second kappa shape index (κ2) is 27.6. The smallest absolute Gasteiger partial charge is 0.229 e. The lowest BCUT2D eigenvalue weighted by molar-refractivity contribution is -0.121. The van der Waals surface area contributed by atoms with E-state index in [1.165, 1.54) is 34.0 Å². The minimum absolute atomic E-state index is 0.0124. The van der Waals surface area contributed by atoms with Gasteiger partial charge in [-0.1, -0.05) is 5.92 Å². The Bertz CT molecular complexity index is 4150. The molecule has 0 bridgehead atoms. The van der Waals surface area contributed by atoms with Crippen LogP contribution in [0.2, 0.25) is 0 Å². The molecule has 12 rings (SSSR count). The molecule has 0 radical (unpaired) electrons. The number of rotatable bonds is 12. The summed E-state index contributed by atoms with van der Waals surface area (Å²) in [6.07, 6.45) is 23.9. The molecule has 9 aromatic rings. The maximum Gasteiger partial charge on any atom is 0.229 e. The van der Waals surface area contributed by atoms with Crippen molar-refractivity contribution in [3.8, 4) is 24.2 Å². The monoisotopic (exact) mass is 1260 g/mol. The van der Waals surface area contributed by atoms with Gasteiger partial charge in [0.05, 0.1) is 48.4 Å². The van der Waals surface area contributed by atoms with Crippen LogP contribution in [0.3, 0.4) is 0 Å². The van der Waals surface area contributed by atoms with Crippen LogP contribution in [0.15, 0.2) is 41.4 Å². The number of amides is 3. The third-order valence-corrected chi connectivity index (χ3v) is 18.1. The Labute approximate surface area is 525 Å². The summed E-state index contributed by atoms with van der Waals surface area (Å²) >= 11 is 4.35. The number of terminal acetylenes is 1.